The molecule has 0 aromatic carbocycles. The summed E-state index contributed by atoms with van der Waals surface area (Å²) in [4.78, 5) is 1.83. The van der Waals surface area contributed by atoms with E-state index >= 15 is 0 Å². The Bertz CT molecular complexity index is 452. The summed E-state index contributed by atoms with van der Waals surface area (Å²) in [6, 6.07) is 1.82. The lowest BCUT2D eigenvalue weighted by molar-refractivity contribution is -0.121. The first kappa shape index (κ1) is 17.2. The highest BCUT2D eigenvalue weighted by atomic mass is 32.2. The van der Waals surface area contributed by atoms with Gasteiger partial charge < -0.3 is 0 Å². The maximum absolute atomic E-state index is 12.0. The molecule has 116 valence electrons. The minimum atomic E-state index is -4.58. The molecule has 6 nitrogen and oxygen atoms in total. The van der Waals surface area contributed by atoms with E-state index in [9.17, 15) is 21.6 Å². The van der Waals surface area contributed by atoms with Crippen LogP contribution in [-0.4, -0.2) is 62.6 Å². The second-order valence-corrected chi connectivity index (χ2v) is 6.18. The van der Waals surface area contributed by atoms with Gasteiger partial charge in [-0.15, -0.1) is 0 Å². The topological polar surface area (TPSA) is 76.4 Å². The minimum absolute atomic E-state index is 0.0748. The van der Waals surface area contributed by atoms with Crippen LogP contribution in [0, 0.1) is 11.3 Å². The average molecular weight is 314 g/mol. The summed E-state index contributed by atoms with van der Waals surface area (Å²) in [6.45, 7) is 1.09. The summed E-state index contributed by atoms with van der Waals surface area (Å²) >= 11 is 0. The molecule has 1 N–H and O–H groups in total. The van der Waals surface area contributed by atoms with E-state index in [-0.39, 0.29) is 19.1 Å². The Hall–Kier alpha value is -0.890. The molecule has 0 radical (unpaired) electrons. The Kier molecular flexibility index (Phi) is 5.76. The number of piperazine rings is 1. The van der Waals surface area contributed by atoms with Gasteiger partial charge in [-0.25, -0.2) is 0 Å². The first-order valence-corrected chi connectivity index (χ1v) is 7.58. The van der Waals surface area contributed by atoms with E-state index in [1.165, 1.54) is 4.72 Å². The van der Waals surface area contributed by atoms with Crippen LogP contribution in [0.5, 0.6) is 0 Å². The number of nitriles is 1. The third-order valence-corrected chi connectivity index (χ3v) is 4.60. The molecule has 1 rings (SSSR count). The van der Waals surface area contributed by atoms with Crippen LogP contribution in [0.4, 0.5) is 13.2 Å². The van der Waals surface area contributed by atoms with Gasteiger partial charge in [-0.2, -0.15) is 35.9 Å². The van der Waals surface area contributed by atoms with Crippen molar-refractivity contribution < 1.29 is 21.6 Å². The highest BCUT2D eigenvalue weighted by Crippen LogP contribution is 2.15. The second-order valence-electron chi connectivity index (χ2n) is 4.43. The summed E-state index contributed by atoms with van der Waals surface area (Å²) < 4.78 is 61.9. The lowest BCUT2D eigenvalue weighted by Crippen LogP contribution is -2.54. The van der Waals surface area contributed by atoms with Crippen LogP contribution < -0.4 is 4.72 Å². The van der Waals surface area contributed by atoms with Gasteiger partial charge >= 0.3 is 6.18 Å². The van der Waals surface area contributed by atoms with Crippen molar-refractivity contribution in [2.75, 3.05) is 32.7 Å². The number of halogens is 3. The lowest BCUT2D eigenvalue weighted by Gasteiger charge is -2.35. The van der Waals surface area contributed by atoms with Gasteiger partial charge in [0.25, 0.3) is 10.2 Å². The van der Waals surface area contributed by atoms with Gasteiger partial charge in [-0.3, -0.25) is 4.90 Å². The number of hydrogen-bond acceptors (Lipinski definition) is 4. The van der Waals surface area contributed by atoms with E-state index in [1.807, 2.05) is 11.8 Å². The Morgan fingerprint density at radius 2 is 1.85 bits per heavy atom. The van der Waals surface area contributed by atoms with E-state index in [0.29, 0.717) is 19.5 Å². The highest BCUT2D eigenvalue weighted by Gasteiger charge is 2.34. The van der Waals surface area contributed by atoms with Crippen LogP contribution in [0.1, 0.15) is 13.3 Å². The highest BCUT2D eigenvalue weighted by molar-refractivity contribution is 7.87. The summed E-state index contributed by atoms with van der Waals surface area (Å²) in [5.74, 6) is 0. The Labute approximate surface area is 116 Å². The molecule has 0 bridgehead atoms. The van der Waals surface area contributed by atoms with Crippen LogP contribution in [-0.2, 0) is 10.2 Å². The van der Waals surface area contributed by atoms with E-state index in [1.54, 1.807) is 0 Å². The monoisotopic (exact) mass is 314 g/mol. The van der Waals surface area contributed by atoms with Crippen LogP contribution in [0.25, 0.3) is 0 Å². The fourth-order valence-electron chi connectivity index (χ4n) is 1.95. The smallest absolute Gasteiger partial charge is 0.285 e. The summed E-state index contributed by atoms with van der Waals surface area (Å²) in [5.41, 5.74) is 0. The summed E-state index contributed by atoms with van der Waals surface area (Å²) in [7, 11) is -4.13. The van der Waals surface area contributed by atoms with E-state index in [2.05, 4.69) is 6.07 Å². The first-order valence-electron chi connectivity index (χ1n) is 6.14. The maximum atomic E-state index is 12.0. The van der Waals surface area contributed by atoms with E-state index in [0.717, 1.165) is 4.31 Å². The molecule has 20 heavy (non-hydrogen) atoms. The zero-order chi connectivity index (χ0) is 15.4. The molecular weight excluding hydrogens is 297 g/mol. The first-order chi connectivity index (χ1) is 9.19. The van der Waals surface area contributed by atoms with Crippen molar-refractivity contribution in [1.82, 2.24) is 13.9 Å². The van der Waals surface area contributed by atoms with Crippen LogP contribution in [0.2, 0.25) is 0 Å². The van der Waals surface area contributed by atoms with Gasteiger partial charge in [0.05, 0.1) is 12.1 Å². The van der Waals surface area contributed by atoms with Crippen molar-refractivity contribution in [3.8, 4) is 6.07 Å². The van der Waals surface area contributed by atoms with Crippen LogP contribution in [0.15, 0.2) is 0 Å². The third-order valence-electron chi connectivity index (χ3n) is 3.04. The molecule has 10 heteroatoms. The predicted molar refractivity (Wildman–Crippen MR) is 65.8 cm³/mol. The third kappa shape index (κ3) is 4.90. The molecule has 0 aromatic heterocycles. The SMILES string of the molecule is CCC(C#N)N1CCN(S(=O)(=O)NCC(F)(F)F)CC1. The maximum Gasteiger partial charge on any atom is 0.402 e. The predicted octanol–water partition coefficient (Wildman–Crippen LogP) is 0.303. The number of rotatable bonds is 5. The van der Waals surface area contributed by atoms with Gasteiger partial charge in [0.1, 0.15) is 6.54 Å². The van der Waals surface area contributed by atoms with Crippen molar-refractivity contribution in [1.29, 1.82) is 5.26 Å². The van der Waals surface area contributed by atoms with Gasteiger partial charge in [0.15, 0.2) is 0 Å². The summed E-state index contributed by atoms with van der Waals surface area (Å²) in [5, 5.41) is 8.92. The zero-order valence-corrected chi connectivity index (χ0v) is 11.8. The number of nitrogens with one attached hydrogen (secondary N) is 1. The normalized spacial score (nSPS) is 20.6. The lowest BCUT2D eigenvalue weighted by atomic mass is 10.2. The molecule has 1 unspecified atom stereocenters. The van der Waals surface area contributed by atoms with Crippen LogP contribution in [0.3, 0.4) is 0 Å². The Morgan fingerprint density at radius 3 is 2.25 bits per heavy atom. The zero-order valence-electron chi connectivity index (χ0n) is 11.0. The average Bonchev–Trinajstić information content (AvgIpc) is 2.38. The van der Waals surface area contributed by atoms with Crippen molar-refractivity contribution in [2.45, 2.75) is 25.6 Å². The Balaban J connectivity index is 2.54. The molecule has 1 atom stereocenters. The Morgan fingerprint density at radius 1 is 1.30 bits per heavy atom. The second kappa shape index (κ2) is 6.71. The molecule has 0 saturated carbocycles. The molecule has 1 fully saturated rings. The molecule has 1 saturated heterocycles. The minimum Gasteiger partial charge on any atom is -0.285 e. The van der Waals surface area contributed by atoms with Crippen molar-refractivity contribution in [2.24, 2.45) is 0 Å². The quantitative estimate of drug-likeness (QED) is 0.792. The van der Waals surface area contributed by atoms with E-state index < -0.39 is 22.9 Å². The molecule has 0 aliphatic carbocycles. The van der Waals surface area contributed by atoms with Gasteiger partial charge in [-0.1, -0.05) is 6.92 Å². The van der Waals surface area contributed by atoms with Gasteiger partial charge in [0, 0.05) is 26.2 Å². The fourth-order valence-corrected chi connectivity index (χ4v) is 3.12. The molecule has 1 heterocycles. The van der Waals surface area contributed by atoms with Gasteiger partial charge in [-0.05, 0) is 6.42 Å². The largest absolute Gasteiger partial charge is 0.402 e. The molecule has 0 amide bonds. The van der Waals surface area contributed by atoms with Crippen molar-refractivity contribution >= 4 is 10.2 Å². The molecule has 0 aromatic rings. The fraction of sp³-hybridized carbons (Fsp3) is 0.900. The van der Waals surface area contributed by atoms with E-state index in [4.69, 9.17) is 5.26 Å². The number of hydrogen-bond donors (Lipinski definition) is 1. The molecular formula is C10H17F3N4O2S. The number of nitrogens with zero attached hydrogens (tertiary/aromatic N) is 3. The molecule has 1 aliphatic heterocycles. The van der Waals surface area contributed by atoms with Crippen molar-refractivity contribution in [3.63, 3.8) is 0 Å². The molecule has 1 aliphatic rings. The van der Waals surface area contributed by atoms with Crippen molar-refractivity contribution in [3.05, 3.63) is 0 Å². The summed E-state index contributed by atoms with van der Waals surface area (Å²) in [6.07, 6.45) is -3.96. The number of alkyl halides is 3. The standard InChI is InChI=1S/C10H17F3N4O2S/c1-2-9(7-14)16-3-5-17(6-4-16)20(18,19)15-8-10(11,12)13/h9,15H,2-6,8H2,1H3. The molecule has 0 spiro atoms. The van der Waals surface area contributed by atoms with Gasteiger partial charge in [0.2, 0.25) is 0 Å². The van der Waals surface area contributed by atoms with Crippen LogP contribution >= 0.6 is 0 Å².